The number of ketones is 1. The van der Waals surface area contributed by atoms with Crippen LogP contribution < -0.4 is 5.32 Å². The van der Waals surface area contributed by atoms with Gasteiger partial charge < -0.3 is 10.1 Å². The minimum Gasteiger partial charge on any atom is -0.444 e. The summed E-state index contributed by atoms with van der Waals surface area (Å²) in [5.41, 5.74) is 0.105. The number of hydrogen-bond acceptors (Lipinski definition) is 3. The Kier molecular flexibility index (Phi) is 4.54. The van der Waals surface area contributed by atoms with Crippen molar-refractivity contribution in [3.8, 4) is 0 Å². The minimum atomic E-state index is -0.490. The molecule has 1 fully saturated rings. The van der Waals surface area contributed by atoms with Crippen molar-refractivity contribution in [1.82, 2.24) is 5.32 Å². The molecule has 1 rings (SSSR count). The summed E-state index contributed by atoms with van der Waals surface area (Å²) in [6.45, 7) is 10.9. The van der Waals surface area contributed by atoms with Gasteiger partial charge in [-0.1, -0.05) is 6.58 Å². The Labute approximate surface area is 109 Å². The van der Waals surface area contributed by atoms with E-state index in [-0.39, 0.29) is 17.7 Å². The third kappa shape index (κ3) is 4.51. The number of carbonyl (C=O) groups is 2. The Hall–Kier alpha value is -1.32. The lowest BCUT2D eigenvalue weighted by Gasteiger charge is -2.21. The second-order valence-corrected chi connectivity index (χ2v) is 6.00. The Bertz CT molecular complexity index is 355. The summed E-state index contributed by atoms with van der Waals surface area (Å²) in [6.07, 6.45) is 1.91. The van der Waals surface area contributed by atoms with Gasteiger partial charge in [-0.25, -0.2) is 4.79 Å². The van der Waals surface area contributed by atoms with Gasteiger partial charge in [-0.3, -0.25) is 4.79 Å². The maximum atomic E-state index is 11.8. The highest BCUT2D eigenvalue weighted by atomic mass is 16.6. The molecule has 0 bridgehead atoms. The van der Waals surface area contributed by atoms with Gasteiger partial charge in [-0.2, -0.15) is 0 Å². The summed E-state index contributed by atoms with van der Waals surface area (Å²) in [5.74, 6) is 0.117. The number of carbonyl (C=O) groups excluding carboxylic acids is 2. The molecule has 102 valence electrons. The van der Waals surface area contributed by atoms with Crippen molar-refractivity contribution in [3.05, 3.63) is 12.2 Å². The van der Waals surface area contributed by atoms with E-state index in [1.807, 2.05) is 20.8 Å². The van der Waals surface area contributed by atoms with Gasteiger partial charge in [0.15, 0.2) is 5.78 Å². The van der Waals surface area contributed by atoms with Gasteiger partial charge in [0.2, 0.25) is 0 Å². The lowest BCUT2D eigenvalue weighted by Crippen LogP contribution is -2.38. The van der Waals surface area contributed by atoms with E-state index in [1.54, 1.807) is 6.92 Å². The smallest absolute Gasteiger partial charge is 0.407 e. The second kappa shape index (κ2) is 5.55. The predicted octanol–water partition coefficient (Wildman–Crippen LogP) is 2.83. The number of amides is 1. The maximum absolute atomic E-state index is 11.8. The first-order valence-electron chi connectivity index (χ1n) is 6.38. The average molecular weight is 253 g/mol. The molecule has 4 nitrogen and oxygen atoms in total. The zero-order chi connectivity index (χ0) is 13.9. The second-order valence-electron chi connectivity index (χ2n) is 6.00. The van der Waals surface area contributed by atoms with Crippen molar-refractivity contribution in [1.29, 1.82) is 0 Å². The fraction of sp³-hybridized carbons (Fsp3) is 0.714. The summed E-state index contributed by atoms with van der Waals surface area (Å²) < 4.78 is 5.19. The summed E-state index contributed by atoms with van der Waals surface area (Å²) in [7, 11) is 0. The fourth-order valence-electron chi connectivity index (χ4n) is 2.17. The van der Waals surface area contributed by atoms with Crippen LogP contribution in [-0.4, -0.2) is 23.5 Å². The van der Waals surface area contributed by atoms with Gasteiger partial charge in [0, 0.05) is 12.0 Å². The molecule has 0 heterocycles. The van der Waals surface area contributed by atoms with E-state index >= 15 is 0 Å². The molecule has 0 aliphatic heterocycles. The van der Waals surface area contributed by atoms with E-state index in [4.69, 9.17) is 4.74 Å². The Morgan fingerprint density at radius 3 is 2.39 bits per heavy atom. The highest BCUT2D eigenvalue weighted by molar-refractivity contribution is 5.96. The van der Waals surface area contributed by atoms with E-state index < -0.39 is 11.7 Å². The van der Waals surface area contributed by atoms with Crippen molar-refractivity contribution >= 4 is 11.9 Å². The van der Waals surface area contributed by atoms with Crippen LogP contribution in [0.1, 0.15) is 47.0 Å². The maximum Gasteiger partial charge on any atom is 0.407 e. The lowest BCUT2D eigenvalue weighted by atomic mass is 9.98. The molecule has 1 saturated carbocycles. The number of hydrogen-bond donors (Lipinski definition) is 1. The Morgan fingerprint density at radius 1 is 1.28 bits per heavy atom. The summed E-state index contributed by atoms with van der Waals surface area (Å²) in [6, 6.07) is 0.0353. The first kappa shape index (κ1) is 14.7. The van der Waals surface area contributed by atoms with E-state index in [0.717, 1.165) is 12.8 Å². The van der Waals surface area contributed by atoms with Crippen LogP contribution in [0, 0.1) is 5.92 Å². The Morgan fingerprint density at radius 2 is 1.89 bits per heavy atom. The highest BCUT2D eigenvalue weighted by Gasteiger charge is 2.31. The van der Waals surface area contributed by atoms with E-state index in [9.17, 15) is 9.59 Å². The average Bonchev–Trinajstić information content (AvgIpc) is 2.61. The largest absolute Gasteiger partial charge is 0.444 e. The molecule has 1 N–H and O–H groups in total. The minimum absolute atomic E-state index is 0.00226. The normalized spacial score (nSPS) is 23.6. The number of ether oxygens (including phenoxy) is 1. The van der Waals surface area contributed by atoms with Gasteiger partial charge in [-0.15, -0.1) is 0 Å². The first-order chi connectivity index (χ1) is 8.19. The van der Waals surface area contributed by atoms with Crippen LogP contribution in [0.25, 0.3) is 0 Å². The molecule has 0 radical (unpaired) electrons. The lowest BCUT2D eigenvalue weighted by molar-refractivity contribution is -0.119. The van der Waals surface area contributed by atoms with Crippen LogP contribution in [0.2, 0.25) is 0 Å². The Balaban J connectivity index is 2.41. The van der Waals surface area contributed by atoms with Gasteiger partial charge in [0.05, 0.1) is 0 Å². The van der Waals surface area contributed by atoms with Crippen molar-refractivity contribution in [2.24, 2.45) is 5.92 Å². The molecule has 2 atom stereocenters. The molecule has 0 aromatic heterocycles. The molecule has 2 unspecified atom stereocenters. The molecular weight excluding hydrogens is 230 g/mol. The first-order valence-corrected chi connectivity index (χ1v) is 6.38. The van der Waals surface area contributed by atoms with E-state index in [2.05, 4.69) is 11.9 Å². The van der Waals surface area contributed by atoms with Crippen LogP contribution in [0.3, 0.4) is 0 Å². The summed E-state index contributed by atoms with van der Waals surface area (Å²) in [4.78, 5) is 23.4. The van der Waals surface area contributed by atoms with Gasteiger partial charge >= 0.3 is 6.09 Å². The zero-order valence-electron chi connectivity index (χ0n) is 11.7. The standard InChI is InChI=1S/C14H23NO3/c1-9(2)12(16)10-6-7-11(8-10)15-13(17)18-14(3,4)5/h10-11H,1,6-8H2,2-5H3,(H,15,17). The monoisotopic (exact) mass is 253 g/mol. The molecular formula is C14H23NO3. The van der Waals surface area contributed by atoms with Crippen molar-refractivity contribution in [2.45, 2.75) is 58.6 Å². The van der Waals surface area contributed by atoms with Crippen molar-refractivity contribution < 1.29 is 14.3 Å². The molecule has 1 amide bonds. The number of alkyl carbamates (subject to hydrolysis) is 1. The third-order valence-corrected chi connectivity index (χ3v) is 2.94. The van der Waals surface area contributed by atoms with Crippen LogP contribution >= 0.6 is 0 Å². The number of rotatable bonds is 3. The fourth-order valence-corrected chi connectivity index (χ4v) is 2.17. The summed E-state index contributed by atoms with van der Waals surface area (Å²) in [5, 5.41) is 2.82. The van der Waals surface area contributed by atoms with Crippen LogP contribution in [0.4, 0.5) is 4.79 Å². The van der Waals surface area contributed by atoms with E-state index in [0.29, 0.717) is 12.0 Å². The zero-order valence-corrected chi connectivity index (χ0v) is 11.7. The molecule has 0 aromatic rings. The molecule has 1 aliphatic rings. The molecule has 0 aromatic carbocycles. The molecule has 0 spiro atoms. The molecule has 0 saturated heterocycles. The van der Waals surface area contributed by atoms with Gasteiger partial charge in [0.25, 0.3) is 0 Å². The van der Waals surface area contributed by atoms with Gasteiger partial charge in [0.1, 0.15) is 5.60 Å². The number of nitrogens with one attached hydrogen (secondary N) is 1. The number of Topliss-reactive ketones (excluding diaryl/α,β-unsaturated/α-hetero) is 1. The third-order valence-electron chi connectivity index (χ3n) is 2.94. The van der Waals surface area contributed by atoms with Crippen LogP contribution in [-0.2, 0) is 9.53 Å². The van der Waals surface area contributed by atoms with Gasteiger partial charge in [-0.05, 0) is 52.5 Å². The van der Waals surface area contributed by atoms with Crippen molar-refractivity contribution in [3.63, 3.8) is 0 Å². The quantitative estimate of drug-likeness (QED) is 0.787. The van der Waals surface area contributed by atoms with Crippen molar-refractivity contribution in [2.75, 3.05) is 0 Å². The highest BCUT2D eigenvalue weighted by Crippen LogP contribution is 2.28. The SMILES string of the molecule is C=C(C)C(=O)C1CCC(NC(=O)OC(C)(C)C)C1. The van der Waals surface area contributed by atoms with Crippen LogP contribution in [0.15, 0.2) is 12.2 Å². The van der Waals surface area contributed by atoms with Crippen LogP contribution in [0.5, 0.6) is 0 Å². The topological polar surface area (TPSA) is 55.4 Å². The molecule has 1 aliphatic carbocycles. The van der Waals surface area contributed by atoms with E-state index in [1.165, 1.54) is 0 Å². The predicted molar refractivity (Wildman–Crippen MR) is 70.3 cm³/mol. The number of allylic oxidation sites excluding steroid dienone is 1. The molecule has 4 heteroatoms. The summed E-state index contributed by atoms with van der Waals surface area (Å²) >= 11 is 0. The molecule has 18 heavy (non-hydrogen) atoms.